The third-order valence-corrected chi connectivity index (χ3v) is 3.44. The molecule has 20 heavy (non-hydrogen) atoms. The summed E-state index contributed by atoms with van der Waals surface area (Å²) < 4.78 is 22.9. The van der Waals surface area contributed by atoms with Crippen LogP contribution in [0.25, 0.3) is 0 Å². The van der Waals surface area contributed by atoms with Crippen molar-refractivity contribution in [1.29, 1.82) is 0 Å². The van der Waals surface area contributed by atoms with Gasteiger partial charge in [0.05, 0.1) is 5.75 Å². The maximum absolute atomic E-state index is 11.7. The van der Waals surface area contributed by atoms with Crippen molar-refractivity contribution >= 4 is 21.5 Å². The minimum Gasteiger partial charge on any atom is -0.383 e. The molecule has 1 rings (SSSR count). The lowest BCUT2D eigenvalue weighted by Gasteiger charge is -2.13. The highest BCUT2D eigenvalue weighted by Gasteiger charge is 2.12. The highest BCUT2D eigenvalue weighted by molar-refractivity contribution is 7.89. The predicted molar refractivity (Wildman–Crippen MR) is 77.1 cm³/mol. The maximum atomic E-state index is 11.7. The molecular weight excluding hydrogens is 286 g/mol. The molecule has 0 fully saturated rings. The Morgan fingerprint density at radius 3 is 2.55 bits per heavy atom. The lowest BCUT2D eigenvalue weighted by atomic mass is 10.3. The molecule has 0 aromatic carbocycles. The normalized spacial score (nSPS) is 11.5. The molecule has 0 unspecified atom stereocenters. The zero-order valence-electron chi connectivity index (χ0n) is 11.2. The number of nitrogens with zero attached hydrogens (tertiary/aromatic N) is 1. The number of hydrogen-bond donors (Lipinski definition) is 4. The molecule has 0 saturated heterocycles. The van der Waals surface area contributed by atoms with Crippen molar-refractivity contribution in [3.63, 3.8) is 0 Å². The van der Waals surface area contributed by atoms with Gasteiger partial charge in [-0.25, -0.2) is 18.4 Å². The molecule has 1 aromatic rings. The van der Waals surface area contributed by atoms with Crippen LogP contribution in [0, 0.1) is 0 Å². The van der Waals surface area contributed by atoms with E-state index in [9.17, 15) is 18.0 Å². The first-order valence-corrected chi connectivity index (χ1v) is 7.84. The largest absolute Gasteiger partial charge is 0.383 e. The molecule has 1 aromatic heterocycles. The lowest BCUT2D eigenvalue weighted by molar-refractivity contribution is 0.597. The van der Waals surface area contributed by atoms with Gasteiger partial charge in [0.25, 0.3) is 5.56 Å². The van der Waals surface area contributed by atoms with Crippen LogP contribution in [0.1, 0.15) is 19.8 Å². The highest BCUT2D eigenvalue weighted by Crippen LogP contribution is 2.10. The molecule has 9 nitrogen and oxygen atoms in total. The molecule has 0 radical (unpaired) electrons. The fourth-order valence-electron chi connectivity index (χ4n) is 1.62. The fraction of sp³-hybridized carbons (Fsp3) is 0.600. The van der Waals surface area contributed by atoms with Crippen LogP contribution in [-0.4, -0.2) is 30.3 Å². The quantitative estimate of drug-likeness (QED) is 0.487. The predicted octanol–water partition coefficient (Wildman–Crippen LogP) is -1.38. The lowest BCUT2D eigenvalue weighted by Crippen LogP contribution is -2.35. The zero-order chi connectivity index (χ0) is 15.3. The summed E-state index contributed by atoms with van der Waals surface area (Å²) in [6, 6.07) is 0. The standard InChI is InChI=1S/C10H19N5O4S/c1-2-3-5-15-8(11)7(9(16)14-10(15)17)13-4-6-20(12,18)19/h13H,2-6,11H2,1H3,(H2,12,18,19)(H,14,16,17). The molecule has 114 valence electrons. The van der Waals surface area contributed by atoms with Crippen molar-refractivity contribution in [2.75, 3.05) is 23.3 Å². The average molecular weight is 305 g/mol. The maximum Gasteiger partial charge on any atom is 0.330 e. The number of nitrogens with two attached hydrogens (primary N) is 2. The summed E-state index contributed by atoms with van der Waals surface area (Å²) in [4.78, 5) is 25.4. The number of hydrogen-bond acceptors (Lipinski definition) is 6. The van der Waals surface area contributed by atoms with Crippen LogP contribution < -0.4 is 27.4 Å². The van der Waals surface area contributed by atoms with E-state index in [0.29, 0.717) is 6.54 Å². The van der Waals surface area contributed by atoms with Crippen molar-refractivity contribution in [1.82, 2.24) is 9.55 Å². The highest BCUT2D eigenvalue weighted by atomic mass is 32.2. The molecule has 0 bridgehead atoms. The van der Waals surface area contributed by atoms with Crippen molar-refractivity contribution < 1.29 is 8.42 Å². The Bertz CT molecular complexity index is 676. The summed E-state index contributed by atoms with van der Waals surface area (Å²) in [7, 11) is -3.64. The van der Waals surface area contributed by atoms with Crippen LogP contribution >= 0.6 is 0 Å². The van der Waals surface area contributed by atoms with Crippen molar-refractivity contribution in [2.24, 2.45) is 5.14 Å². The minimum atomic E-state index is -3.64. The van der Waals surface area contributed by atoms with Crippen LogP contribution in [-0.2, 0) is 16.6 Å². The van der Waals surface area contributed by atoms with E-state index in [1.54, 1.807) is 0 Å². The smallest absolute Gasteiger partial charge is 0.330 e. The van der Waals surface area contributed by atoms with Crippen LogP contribution in [0.15, 0.2) is 9.59 Å². The summed E-state index contributed by atoms with van der Waals surface area (Å²) in [6.07, 6.45) is 1.59. The summed E-state index contributed by atoms with van der Waals surface area (Å²) in [5, 5.41) is 7.45. The number of anilines is 2. The number of nitrogens with one attached hydrogen (secondary N) is 2. The number of aromatic nitrogens is 2. The van der Waals surface area contributed by atoms with Gasteiger partial charge in [-0.05, 0) is 6.42 Å². The summed E-state index contributed by atoms with van der Waals surface area (Å²) in [5.41, 5.74) is 4.48. The van der Waals surface area contributed by atoms with E-state index in [-0.39, 0.29) is 23.8 Å². The number of rotatable bonds is 7. The second-order valence-corrected chi connectivity index (χ2v) is 6.05. The van der Waals surface area contributed by atoms with Gasteiger partial charge in [-0.2, -0.15) is 0 Å². The Hall–Kier alpha value is -1.81. The van der Waals surface area contributed by atoms with Crippen molar-refractivity contribution in [3.05, 3.63) is 20.8 Å². The molecule has 0 saturated carbocycles. The number of H-pyrrole nitrogens is 1. The van der Waals surface area contributed by atoms with Gasteiger partial charge in [0, 0.05) is 13.1 Å². The van der Waals surface area contributed by atoms with Gasteiger partial charge in [0.15, 0.2) is 0 Å². The van der Waals surface area contributed by atoms with Crippen molar-refractivity contribution in [2.45, 2.75) is 26.3 Å². The van der Waals surface area contributed by atoms with Crippen LogP contribution in [0.5, 0.6) is 0 Å². The minimum absolute atomic E-state index is 0.0124. The van der Waals surface area contributed by atoms with Crippen LogP contribution in [0.2, 0.25) is 0 Å². The zero-order valence-corrected chi connectivity index (χ0v) is 12.0. The molecule has 0 aliphatic rings. The Morgan fingerprint density at radius 2 is 2.00 bits per heavy atom. The van der Waals surface area contributed by atoms with E-state index in [1.165, 1.54) is 4.57 Å². The van der Waals surface area contributed by atoms with Gasteiger partial charge >= 0.3 is 5.69 Å². The molecule has 0 aliphatic heterocycles. The van der Waals surface area contributed by atoms with E-state index in [4.69, 9.17) is 10.9 Å². The summed E-state index contributed by atoms with van der Waals surface area (Å²) in [5.74, 6) is -0.360. The summed E-state index contributed by atoms with van der Waals surface area (Å²) in [6.45, 7) is 2.26. The number of aromatic amines is 1. The van der Waals surface area contributed by atoms with E-state index >= 15 is 0 Å². The molecular formula is C10H19N5O4S. The monoisotopic (exact) mass is 305 g/mol. The SMILES string of the molecule is CCCCn1c(N)c(NCCS(N)(=O)=O)c(=O)[nH]c1=O. The van der Waals surface area contributed by atoms with Gasteiger partial charge < -0.3 is 11.1 Å². The Morgan fingerprint density at radius 1 is 1.35 bits per heavy atom. The molecule has 0 spiro atoms. The van der Waals surface area contributed by atoms with Gasteiger partial charge in [0.1, 0.15) is 11.5 Å². The molecule has 0 atom stereocenters. The number of unbranched alkanes of at least 4 members (excludes halogenated alkanes) is 1. The number of sulfonamides is 1. The first-order chi connectivity index (χ1) is 9.26. The van der Waals surface area contributed by atoms with Gasteiger partial charge in [0.2, 0.25) is 10.0 Å². The molecule has 6 N–H and O–H groups in total. The van der Waals surface area contributed by atoms with Crippen LogP contribution in [0.4, 0.5) is 11.5 Å². The molecule has 0 aliphatic carbocycles. The second kappa shape index (κ2) is 6.57. The molecule has 1 heterocycles. The second-order valence-electron chi connectivity index (χ2n) is 4.32. The Kier molecular flexibility index (Phi) is 5.34. The fourth-order valence-corrected chi connectivity index (χ4v) is 2.00. The van der Waals surface area contributed by atoms with Crippen LogP contribution in [0.3, 0.4) is 0 Å². The number of nitrogen functional groups attached to an aromatic ring is 1. The van der Waals surface area contributed by atoms with E-state index in [2.05, 4.69) is 10.3 Å². The van der Waals surface area contributed by atoms with Crippen molar-refractivity contribution in [3.8, 4) is 0 Å². The molecule has 0 amide bonds. The van der Waals surface area contributed by atoms with Gasteiger partial charge in [-0.1, -0.05) is 13.3 Å². The first kappa shape index (κ1) is 16.2. The Labute approximate surface area is 116 Å². The third kappa shape index (κ3) is 4.38. The van der Waals surface area contributed by atoms with E-state index in [0.717, 1.165) is 12.8 Å². The van der Waals surface area contributed by atoms with E-state index in [1.807, 2.05) is 6.92 Å². The Balaban J connectivity index is 3.01. The molecule has 10 heteroatoms. The number of primary sulfonamides is 1. The topological polar surface area (TPSA) is 153 Å². The average Bonchev–Trinajstić information content (AvgIpc) is 2.31. The third-order valence-electron chi connectivity index (χ3n) is 2.66. The first-order valence-electron chi connectivity index (χ1n) is 6.13. The summed E-state index contributed by atoms with van der Waals surface area (Å²) >= 11 is 0. The van der Waals surface area contributed by atoms with Gasteiger partial charge in [-0.15, -0.1) is 0 Å². The van der Waals surface area contributed by atoms with E-state index < -0.39 is 21.3 Å². The van der Waals surface area contributed by atoms with Gasteiger partial charge in [-0.3, -0.25) is 14.3 Å².